The second-order valence-electron chi connectivity index (χ2n) is 14.9. The molecule has 11 rings (SSSR count). The van der Waals surface area contributed by atoms with E-state index in [9.17, 15) is 19.2 Å². The fourth-order valence-electron chi connectivity index (χ4n) is 9.48. The number of methoxy groups -OCH3 is 1. The van der Waals surface area contributed by atoms with E-state index in [4.69, 9.17) is 23.7 Å². The van der Waals surface area contributed by atoms with E-state index in [1.54, 1.807) is 11.0 Å². The van der Waals surface area contributed by atoms with Crippen LogP contribution < -0.4 is 18.9 Å². The van der Waals surface area contributed by atoms with Crippen LogP contribution in [0.5, 0.6) is 23.0 Å². The number of rotatable bonds is 5. The molecule has 1 fully saturated rings. The number of benzene rings is 4. The van der Waals surface area contributed by atoms with Gasteiger partial charge in [0.05, 0.1) is 19.2 Å². The van der Waals surface area contributed by atoms with Crippen molar-refractivity contribution in [3.63, 3.8) is 0 Å². The lowest BCUT2D eigenvalue weighted by molar-refractivity contribution is -0.163. The Kier molecular flexibility index (Phi) is 7.34. The van der Waals surface area contributed by atoms with E-state index in [-0.39, 0.29) is 44.8 Å². The molecule has 0 unspecified atom stereocenters. The van der Waals surface area contributed by atoms with Crippen molar-refractivity contribution >= 4 is 45.5 Å². The summed E-state index contributed by atoms with van der Waals surface area (Å²) in [7, 11) is 1.30. The van der Waals surface area contributed by atoms with Gasteiger partial charge in [-0.15, -0.1) is 0 Å². The molecule has 3 amide bonds. The van der Waals surface area contributed by atoms with Gasteiger partial charge in [0.25, 0.3) is 0 Å². The highest BCUT2D eigenvalue weighted by Gasteiger charge is 2.50. The summed E-state index contributed by atoms with van der Waals surface area (Å²) in [5.74, 6) is 0.476. The number of nitrogens with one attached hydrogen (secondary N) is 2. The smallest absolute Gasteiger partial charge is 0.328 e. The van der Waals surface area contributed by atoms with E-state index in [2.05, 4.69) is 9.97 Å². The molecule has 7 heterocycles. The van der Waals surface area contributed by atoms with Gasteiger partial charge < -0.3 is 48.4 Å². The molecule has 1 saturated heterocycles. The Labute approximate surface area is 324 Å². The van der Waals surface area contributed by atoms with Crippen LogP contribution in [-0.2, 0) is 36.8 Å². The monoisotopic (exact) mass is 765 g/mol. The molecule has 14 nitrogen and oxygen atoms in total. The van der Waals surface area contributed by atoms with Crippen molar-refractivity contribution in [2.75, 3.05) is 33.8 Å². The van der Waals surface area contributed by atoms with Gasteiger partial charge in [-0.1, -0.05) is 48.5 Å². The zero-order chi connectivity index (χ0) is 38.5. The molecule has 4 aromatic carbocycles. The van der Waals surface area contributed by atoms with Crippen LogP contribution in [0, 0.1) is 0 Å². The maximum atomic E-state index is 15.0. The summed E-state index contributed by atoms with van der Waals surface area (Å²) in [6.45, 7) is -0.610. The second-order valence-corrected chi connectivity index (χ2v) is 14.9. The number of hydrogen-bond acceptors (Lipinski definition) is 9. The zero-order valence-corrected chi connectivity index (χ0v) is 30.7. The minimum Gasteiger partial charge on any atom is -0.467 e. The third-order valence-electron chi connectivity index (χ3n) is 12.0. The molecule has 2 aromatic heterocycles. The molecule has 4 atom stereocenters. The quantitative estimate of drug-likeness (QED) is 0.241. The lowest BCUT2D eigenvalue weighted by atomic mass is 9.86. The van der Waals surface area contributed by atoms with Crippen molar-refractivity contribution in [1.82, 2.24) is 24.7 Å². The predicted molar refractivity (Wildman–Crippen MR) is 203 cm³/mol. The number of carbonyl (C=O) groups excluding carboxylic acids is 4. The molecule has 0 radical (unpaired) electrons. The molecule has 5 aliphatic rings. The Hall–Kier alpha value is -6.96. The van der Waals surface area contributed by atoms with E-state index in [1.807, 2.05) is 78.9 Å². The molecule has 2 N–H and O–H groups in total. The number of fused-ring (bicyclic) bond motifs is 9. The van der Waals surface area contributed by atoms with Crippen molar-refractivity contribution in [1.29, 1.82) is 0 Å². The molecule has 0 saturated carbocycles. The molecule has 0 spiro atoms. The number of carbonyl (C=O) groups is 4. The average molecular weight is 766 g/mol. The van der Waals surface area contributed by atoms with E-state index < -0.39 is 42.6 Å². The minimum absolute atomic E-state index is 0.0629. The molecule has 57 heavy (non-hydrogen) atoms. The van der Waals surface area contributed by atoms with Crippen molar-refractivity contribution in [3.8, 4) is 23.0 Å². The molecule has 14 heteroatoms. The van der Waals surface area contributed by atoms with E-state index in [0.717, 1.165) is 49.9 Å². The Morgan fingerprint density at radius 1 is 0.719 bits per heavy atom. The lowest BCUT2D eigenvalue weighted by Crippen LogP contribution is -2.64. The number of esters is 1. The van der Waals surface area contributed by atoms with Crippen LogP contribution in [0.15, 0.2) is 84.9 Å². The first-order valence-electron chi connectivity index (χ1n) is 18.8. The number of piperazine rings is 1. The maximum absolute atomic E-state index is 15.0. The largest absolute Gasteiger partial charge is 0.467 e. The van der Waals surface area contributed by atoms with Crippen LogP contribution in [0.2, 0.25) is 0 Å². The summed E-state index contributed by atoms with van der Waals surface area (Å²) in [6.07, 6.45) is 0.436. The Balaban J connectivity index is 0.980. The normalized spacial score (nSPS) is 21.8. The molecule has 0 aliphatic carbocycles. The summed E-state index contributed by atoms with van der Waals surface area (Å²) in [6, 6.07) is 23.3. The highest BCUT2D eigenvalue weighted by Crippen LogP contribution is 2.47. The van der Waals surface area contributed by atoms with Gasteiger partial charge in [-0.3, -0.25) is 14.4 Å². The van der Waals surface area contributed by atoms with Crippen LogP contribution in [0.3, 0.4) is 0 Å². The number of aromatic nitrogens is 2. The SMILES string of the molecule is COC(=O)[C@H]1Cc2c([nH]c3ccccc23)[C@@H](c2ccc3c(c2)OCO3)N1C(=O)CN1CC(=O)N2[C@H](c3ccc4c(c3)OCO4)c3[nH]c4ccccc4c3C[C@@H]2C1=O. The highest BCUT2D eigenvalue weighted by molar-refractivity contribution is 6.00. The summed E-state index contributed by atoms with van der Waals surface area (Å²) < 4.78 is 27.9. The summed E-state index contributed by atoms with van der Waals surface area (Å²) in [4.78, 5) is 69.5. The van der Waals surface area contributed by atoms with E-state index >= 15 is 0 Å². The minimum atomic E-state index is -1.03. The third-order valence-corrected chi connectivity index (χ3v) is 12.0. The Morgan fingerprint density at radius 2 is 1.28 bits per heavy atom. The molecular formula is C43H35N5O9. The average Bonchev–Trinajstić information content (AvgIpc) is 4.05. The first-order chi connectivity index (χ1) is 27.9. The fraction of sp³-hybridized carbons (Fsp3) is 0.256. The van der Waals surface area contributed by atoms with Gasteiger partial charge in [-0.05, 0) is 58.7 Å². The van der Waals surface area contributed by atoms with Crippen molar-refractivity contribution < 1.29 is 42.9 Å². The molecular weight excluding hydrogens is 730 g/mol. The summed E-state index contributed by atoms with van der Waals surface area (Å²) in [5, 5.41) is 1.89. The number of nitrogens with zero attached hydrogens (tertiary/aromatic N) is 3. The van der Waals surface area contributed by atoms with Crippen molar-refractivity contribution in [2.45, 2.75) is 37.0 Å². The summed E-state index contributed by atoms with van der Waals surface area (Å²) in [5.41, 5.74) is 6.57. The standard InChI is InChI=1S/C43H35N5O9/c1-53-43(52)31-17-27-25-7-3-5-9-29(25)45-39(27)41(23-11-13-33-35(15-23)57-21-55-33)48(31)37(50)19-46-18-36(49)47-30(42(46)51)16-26-24-6-2-4-8-28(24)44-38(26)40(47)22-10-12-32-34(14-22)56-20-54-32/h2-15,30-31,40-41,44-45H,16-21H2,1H3/t30-,31-,40-,41-/m1/s1. The molecule has 5 aliphatic heterocycles. The van der Waals surface area contributed by atoms with Gasteiger partial charge in [0, 0.05) is 46.0 Å². The fourth-order valence-corrected chi connectivity index (χ4v) is 9.48. The van der Waals surface area contributed by atoms with Crippen LogP contribution in [-0.4, -0.2) is 94.2 Å². The topological polar surface area (TPSA) is 156 Å². The summed E-state index contributed by atoms with van der Waals surface area (Å²) >= 11 is 0. The second kappa shape index (κ2) is 12.5. The van der Waals surface area contributed by atoms with Gasteiger partial charge in [-0.2, -0.15) is 0 Å². The first kappa shape index (κ1) is 33.4. The molecule has 6 aromatic rings. The van der Waals surface area contributed by atoms with Gasteiger partial charge in [0.1, 0.15) is 25.2 Å². The molecule has 286 valence electrons. The predicted octanol–water partition coefficient (Wildman–Crippen LogP) is 4.51. The van der Waals surface area contributed by atoms with E-state index in [0.29, 0.717) is 28.6 Å². The number of amides is 3. The zero-order valence-electron chi connectivity index (χ0n) is 30.7. The number of aromatic amines is 2. The Bertz CT molecular complexity index is 2700. The third kappa shape index (κ3) is 5.02. The van der Waals surface area contributed by atoms with Gasteiger partial charge in [0.15, 0.2) is 23.0 Å². The van der Waals surface area contributed by atoms with Crippen LogP contribution in [0.25, 0.3) is 21.8 Å². The van der Waals surface area contributed by atoms with Gasteiger partial charge in [0.2, 0.25) is 31.3 Å². The maximum Gasteiger partial charge on any atom is 0.328 e. The number of H-pyrrole nitrogens is 2. The van der Waals surface area contributed by atoms with Gasteiger partial charge >= 0.3 is 5.97 Å². The van der Waals surface area contributed by atoms with Gasteiger partial charge in [-0.25, -0.2) is 4.79 Å². The van der Waals surface area contributed by atoms with Crippen molar-refractivity contribution in [2.24, 2.45) is 0 Å². The van der Waals surface area contributed by atoms with E-state index in [1.165, 1.54) is 16.9 Å². The number of hydrogen-bond donors (Lipinski definition) is 2. The highest BCUT2D eigenvalue weighted by atomic mass is 16.7. The lowest BCUT2D eigenvalue weighted by Gasteiger charge is -2.47. The first-order valence-corrected chi connectivity index (χ1v) is 18.8. The molecule has 0 bridgehead atoms. The Morgan fingerprint density at radius 3 is 1.91 bits per heavy atom. The van der Waals surface area contributed by atoms with Crippen LogP contribution in [0.4, 0.5) is 0 Å². The van der Waals surface area contributed by atoms with Crippen molar-refractivity contribution in [3.05, 3.63) is 119 Å². The number of para-hydroxylation sites is 2. The number of ether oxygens (including phenoxy) is 5. The van der Waals surface area contributed by atoms with Crippen LogP contribution in [0.1, 0.15) is 45.7 Å². The van der Waals surface area contributed by atoms with Crippen LogP contribution >= 0.6 is 0 Å².